The first-order valence-electron chi connectivity index (χ1n) is 5.38. The molecule has 0 bridgehead atoms. The van der Waals surface area contributed by atoms with Gasteiger partial charge in [0.05, 0.1) is 17.5 Å². The van der Waals surface area contributed by atoms with Crippen molar-refractivity contribution in [3.05, 3.63) is 24.4 Å². The molecule has 14 heavy (non-hydrogen) atoms. The van der Waals surface area contributed by atoms with Crippen molar-refractivity contribution in [1.29, 1.82) is 5.26 Å². The molecule has 1 unspecified atom stereocenters. The van der Waals surface area contributed by atoms with Crippen LogP contribution in [0.1, 0.15) is 32.1 Å². The first-order chi connectivity index (χ1) is 6.87. The third kappa shape index (κ3) is 1.55. The Morgan fingerprint density at radius 1 is 1.21 bits per heavy atom. The molecule has 1 saturated carbocycles. The van der Waals surface area contributed by atoms with E-state index in [2.05, 4.69) is 17.5 Å². The second kappa shape index (κ2) is 3.88. The van der Waals surface area contributed by atoms with Gasteiger partial charge < -0.3 is 5.32 Å². The van der Waals surface area contributed by atoms with E-state index < -0.39 is 0 Å². The quantitative estimate of drug-likeness (QED) is 0.686. The van der Waals surface area contributed by atoms with Crippen molar-refractivity contribution in [3.8, 4) is 6.07 Å². The van der Waals surface area contributed by atoms with Crippen LogP contribution >= 0.6 is 0 Å². The van der Waals surface area contributed by atoms with E-state index in [-0.39, 0.29) is 11.5 Å². The highest BCUT2D eigenvalue weighted by molar-refractivity contribution is 5.21. The number of hydrogen-bond acceptors (Lipinski definition) is 2. The molecule has 0 saturated heterocycles. The molecular weight excluding hydrogens is 172 g/mol. The van der Waals surface area contributed by atoms with Crippen LogP contribution in [0.25, 0.3) is 0 Å². The second-order valence-electron chi connectivity index (χ2n) is 4.22. The zero-order chi connectivity index (χ0) is 9.86. The average Bonchev–Trinajstić information content (AvgIpc) is 2.31. The Balaban J connectivity index is 2.15. The zero-order valence-corrected chi connectivity index (χ0v) is 8.37. The van der Waals surface area contributed by atoms with E-state index in [1.54, 1.807) is 0 Å². The molecule has 0 aromatic carbocycles. The van der Waals surface area contributed by atoms with E-state index in [0.717, 1.165) is 12.8 Å². The molecule has 0 amide bonds. The van der Waals surface area contributed by atoms with E-state index >= 15 is 0 Å². The van der Waals surface area contributed by atoms with Crippen LogP contribution in [0.2, 0.25) is 0 Å². The lowest BCUT2D eigenvalue weighted by Gasteiger charge is -2.37. The van der Waals surface area contributed by atoms with Crippen LogP contribution in [0.3, 0.4) is 0 Å². The number of rotatable bonds is 1. The Hall–Kier alpha value is -1.23. The van der Waals surface area contributed by atoms with E-state index in [1.165, 1.54) is 19.3 Å². The summed E-state index contributed by atoms with van der Waals surface area (Å²) in [5.41, 5.74) is -0.153. The molecule has 2 aliphatic rings. The maximum atomic E-state index is 9.35. The van der Waals surface area contributed by atoms with E-state index in [9.17, 15) is 5.26 Å². The summed E-state index contributed by atoms with van der Waals surface area (Å²) < 4.78 is 0. The van der Waals surface area contributed by atoms with Crippen molar-refractivity contribution < 1.29 is 0 Å². The van der Waals surface area contributed by atoms with Gasteiger partial charge in [-0.05, 0) is 25.1 Å². The van der Waals surface area contributed by atoms with Crippen LogP contribution < -0.4 is 5.32 Å². The number of dihydropyridines is 1. The summed E-state index contributed by atoms with van der Waals surface area (Å²) in [7, 11) is 0. The minimum absolute atomic E-state index is 0.153. The van der Waals surface area contributed by atoms with E-state index in [0.29, 0.717) is 0 Å². The first kappa shape index (κ1) is 9.33. The molecule has 2 heteroatoms. The molecule has 0 aromatic heterocycles. The van der Waals surface area contributed by atoms with Gasteiger partial charge in [0, 0.05) is 0 Å². The van der Waals surface area contributed by atoms with Crippen molar-refractivity contribution in [1.82, 2.24) is 5.32 Å². The zero-order valence-electron chi connectivity index (χ0n) is 8.37. The molecule has 1 heterocycles. The molecule has 2 nitrogen and oxygen atoms in total. The van der Waals surface area contributed by atoms with Crippen LogP contribution in [0.5, 0.6) is 0 Å². The smallest absolute Gasteiger partial charge is 0.0810 e. The molecule has 1 aliphatic carbocycles. The topological polar surface area (TPSA) is 35.8 Å². The standard InChI is InChI=1S/C12H16N2/c13-10-12(7-3-1-4-8-12)11-6-2-5-9-14-11/h2,5-6,9,11,14H,1,3-4,7-8H2. The maximum Gasteiger partial charge on any atom is 0.0810 e. The van der Waals surface area contributed by atoms with Crippen LogP contribution in [0, 0.1) is 16.7 Å². The molecule has 0 aromatic rings. The van der Waals surface area contributed by atoms with E-state index in [4.69, 9.17) is 0 Å². The van der Waals surface area contributed by atoms with Crippen LogP contribution in [0.4, 0.5) is 0 Å². The molecule has 1 fully saturated rings. The lowest BCUT2D eigenvalue weighted by atomic mass is 9.69. The lowest BCUT2D eigenvalue weighted by Crippen LogP contribution is -2.43. The van der Waals surface area contributed by atoms with Gasteiger partial charge in [-0.1, -0.05) is 31.4 Å². The highest BCUT2D eigenvalue weighted by atomic mass is 14.9. The Labute approximate surface area is 85.3 Å². The Morgan fingerprint density at radius 2 is 2.00 bits per heavy atom. The average molecular weight is 188 g/mol. The fourth-order valence-corrected chi connectivity index (χ4v) is 2.46. The number of hydrogen-bond donors (Lipinski definition) is 1. The summed E-state index contributed by atoms with van der Waals surface area (Å²) in [6.07, 6.45) is 13.8. The molecular formula is C12H16N2. The molecule has 1 N–H and O–H groups in total. The number of nitriles is 1. The summed E-state index contributed by atoms with van der Waals surface area (Å²) in [6, 6.07) is 2.76. The Kier molecular flexibility index (Phi) is 2.58. The summed E-state index contributed by atoms with van der Waals surface area (Å²) in [4.78, 5) is 0. The molecule has 74 valence electrons. The van der Waals surface area contributed by atoms with Crippen molar-refractivity contribution >= 4 is 0 Å². The Bertz CT molecular complexity index is 290. The third-order valence-corrected chi connectivity index (χ3v) is 3.35. The summed E-state index contributed by atoms with van der Waals surface area (Å²) in [5, 5.41) is 12.6. The number of allylic oxidation sites excluding steroid dienone is 2. The highest BCUT2D eigenvalue weighted by Crippen LogP contribution is 2.39. The van der Waals surface area contributed by atoms with E-state index in [1.807, 2.05) is 18.4 Å². The number of nitrogens with zero attached hydrogens (tertiary/aromatic N) is 1. The minimum atomic E-state index is -0.153. The van der Waals surface area contributed by atoms with Gasteiger partial charge >= 0.3 is 0 Å². The molecule has 1 atom stereocenters. The van der Waals surface area contributed by atoms with Gasteiger partial charge in [0.2, 0.25) is 0 Å². The molecule has 0 radical (unpaired) electrons. The van der Waals surface area contributed by atoms with Crippen LogP contribution in [0.15, 0.2) is 24.4 Å². The summed E-state index contributed by atoms with van der Waals surface area (Å²) >= 11 is 0. The lowest BCUT2D eigenvalue weighted by molar-refractivity contribution is 0.226. The molecule has 2 rings (SSSR count). The van der Waals surface area contributed by atoms with Crippen molar-refractivity contribution in [3.63, 3.8) is 0 Å². The number of nitrogens with one attached hydrogen (secondary N) is 1. The SMILES string of the molecule is N#CC1(C2C=CC=CN2)CCCCC1. The van der Waals surface area contributed by atoms with Crippen molar-refractivity contribution in [2.75, 3.05) is 0 Å². The highest BCUT2D eigenvalue weighted by Gasteiger charge is 2.38. The fraction of sp³-hybridized carbons (Fsp3) is 0.583. The fourth-order valence-electron chi connectivity index (χ4n) is 2.46. The first-order valence-corrected chi connectivity index (χ1v) is 5.38. The largest absolute Gasteiger partial charge is 0.383 e. The predicted molar refractivity (Wildman–Crippen MR) is 56.3 cm³/mol. The van der Waals surface area contributed by atoms with Crippen LogP contribution in [-0.4, -0.2) is 6.04 Å². The second-order valence-corrected chi connectivity index (χ2v) is 4.22. The van der Waals surface area contributed by atoms with Crippen molar-refractivity contribution in [2.45, 2.75) is 38.1 Å². The molecule has 0 spiro atoms. The van der Waals surface area contributed by atoms with Gasteiger partial charge in [0.25, 0.3) is 0 Å². The van der Waals surface area contributed by atoms with Gasteiger partial charge in [-0.2, -0.15) is 5.26 Å². The van der Waals surface area contributed by atoms with Crippen molar-refractivity contribution in [2.24, 2.45) is 5.41 Å². The van der Waals surface area contributed by atoms with Gasteiger partial charge in [-0.25, -0.2) is 0 Å². The van der Waals surface area contributed by atoms with Gasteiger partial charge in [0.1, 0.15) is 0 Å². The normalized spacial score (nSPS) is 29.2. The van der Waals surface area contributed by atoms with Crippen LogP contribution in [-0.2, 0) is 0 Å². The molecule has 1 aliphatic heterocycles. The Morgan fingerprint density at radius 3 is 2.57 bits per heavy atom. The van der Waals surface area contributed by atoms with Gasteiger partial charge in [0.15, 0.2) is 0 Å². The minimum Gasteiger partial charge on any atom is -0.383 e. The summed E-state index contributed by atoms with van der Waals surface area (Å²) in [6.45, 7) is 0. The predicted octanol–water partition coefficient (Wildman–Crippen LogP) is 2.50. The maximum absolute atomic E-state index is 9.35. The summed E-state index contributed by atoms with van der Waals surface area (Å²) in [5.74, 6) is 0. The van der Waals surface area contributed by atoms with Gasteiger partial charge in [-0.15, -0.1) is 0 Å². The third-order valence-electron chi connectivity index (χ3n) is 3.35. The van der Waals surface area contributed by atoms with Gasteiger partial charge in [-0.3, -0.25) is 0 Å². The monoisotopic (exact) mass is 188 g/mol.